The first-order valence-electron chi connectivity index (χ1n) is 10.9. The van der Waals surface area contributed by atoms with E-state index in [1.165, 1.54) is 0 Å². The number of fused-ring (bicyclic) bond motifs is 1. The highest BCUT2D eigenvalue weighted by molar-refractivity contribution is 5.36. The largest absolute Gasteiger partial charge is 0.451 e. The number of aromatic nitrogens is 2. The van der Waals surface area contributed by atoms with Crippen molar-refractivity contribution in [3.63, 3.8) is 0 Å². The van der Waals surface area contributed by atoms with E-state index in [1.54, 1.807) is 13.8 Å². The number of nitrogens with one attached hydrogen (secondary N) is 1. The van der Waals surface area contributed by atoms with Crippen molar-refractivity contribution in [2.75, 3.05) is 0 Å². The van der Waals surface area contributed by atoms with Crippen LogP contribution in [0.1, 0.15) is 67.0 Å². The topological polar surface area (TPSA) is 66.2 Å². The van der Waals surface area contributed by atoms with Gasteiger partial charge in [0.25, 0.3) is 0 Å². The van der Waals surface area contributed by atoms with Crippen LogP contribution in [0.5, 0.6) is 0 Å². The number of rotatable bonds is 4. The number of halogens is 9. The summed E-state index contributed by atoms with van der Waals surface area (Å²) >= 11 is 0. The minimum absolute atomic E-state index is 0.0234. The summed E-state index contributed by atoms with van der Waals surface area (Å²) in [7, 11) is 0. The Labute approximate surface area is 199 Å². The highest BCUT2D eigenvalue weighted by atomic mass is 19.4. The molecule has 2 aliphatic heterocycles. The van der Waals surface area contributed by atoms with Crippen LogP contribution in [0.25, 0.3) is 0 Å². The molecule has 0 saturated carbocycles. The molecule has 14 heteroatoms. The fourth-order valence-electron chi connectivity index (χ4n) is 4.59. The molecule has 2 aliphatic rings. The van der Waals surface area contributed by atoms with E-state index in [2.05, 4.69) is 15.3 Å². The number of nitrogens with zero attached hydrogens (tertiary/aromatic N) is 2. The SMILES string of the molecule is CCC1(CC)C(c2cnc(C(F)(F)F)nc2)OC2NC2OC1c1cc(C(F)(F)F)cc(C(F)(F)F)c1. The molecule has 2 saturated heterocycles. The van der Waals surface area contributed by atoms with Crippen LogP contribution in [-0.4, -0.2) is 22.4 Å². The smallest absolute Gasteiger partial charge is 0.350 e. The summed E-state index contributed by atoms with van der Waals surface area (Å²) in [6.07, 6.45) is -16.9. The van der Waals surface area contributed by atoms with Gasteiger partial charge in [0.05, 0.1) is 23.3 Å². The van der Waals surface area contributed by atoms with Crippen molar-refractivity contribution in [2.24, 2.45) is 5.41 Å². The van der Waals surface area contributed by atoms with Gasteiger partial charge in [-0.2, -0.15) is 39.5 Å². The van der Waals surface area contributed by atoms with Crippen LogP contribution in [-0.2, 0) is 28.0 Å². The molecule has 4 rings (SSSR count). The zero-order valence-electron chi connectivity index (χ0n) is 18.7. The highest BCUT2D eigenvalue weighted by Gasteiger charge is 2.57. The van der Waals surface area contributed by atoms with Gasteiger partial charge >= 0.3 is 18.5 Å². The molecule has 0 bridgehead atoms. The normalized spacial score (nSPS) is 26.3. The van der Waals surface area contributed by atoms with Crippen LogP contribution in [0.4, 0.5) is 39.5 Å². The molecule has 1 aromatic carbocycles. The van der Waals surface area contributed by atoms with Gasteiger partial charge < -0.3 is 9.47 Å². The minimum Gasteiger partial charge on any atom is -0.350 e. The predicted molar refractivity (Wildman–Crippen MR) is 105 cm³/mol. The molecule has 5 nitrogen and oxygen atoms in total. The van der Waals surface area contributed by atoms with Crippen LogP contribution in [0.3, 0.4) is 0 Å². The lowest BCUT2D eigenvalue weighted by Gasteiger charge is -2.44. The summed E-state index contributed by atoms with van der Waals surface area (Å²) < 4.78 is 132. The van der Waals surface area contributed by atoms with Gasteiger partial charge in [0.15, 0.2) is 12.5 Å². The third-order valence-electron chi connectivity index (χ3n) is 6.56. The second kappa shape index (κ2) is 8.84. The number of ether oxygens (including phenoxy) is 2. The molecular weight excluding hydrogens is 509 g/mol. The van der Waals surface area contributed by atoms with Gasteiger partial charge in [0.2, 0.25) is 5.82 Å². The van der Waals surface area contributed by atoms with E-state index in [-0.39, 0.29) is 30.0 Å². The first-order valence-corrected chi connectivity index (χ1v) is 10.9. The molecule has 0 amide bonds. The average molecular weight is 529 g/mol. The van der Waals surface area contributed by atoms with Gasteiger partial charge in [-0.3, -0.25) is 5.32 Å². The number of alkyl halides is 9. The molecule has 0 aliphatic carbocycles. The van der Waals surface area contributed by atoms with Crippen molar-refractivity contribution < 1.29 is 49.0 Å². The maximum absolute atomic E-state index is 13.5. The van der Waals surface area contributed by atoms with Crippen molar-refractivity contribution in [3.8, 4) is 0 Å². The molecule has 3 heterocycles. The maximum atomic E-state index is 13.5. The molecule has 0 spiro atoms. The second-order valence-corrected chi connectivity index (χ2v) is 8.66. The molecule has 1 aromatic heterocycles. The standard InChI is InChI=1S/C22H20F9N3O2/c1-3-19(4-2)14(10-5-12(20(23,24)25)7-13(6-10)21(26,27)28)35-16-17(34-16)36-15(19)11-8-32-18(33-9-11)22(29,30)31/h5-9,14-17,34H,3-4H2,1-2H3. The summed E-state index contributed by atoms with van der Waals surface area (Å²) in [5.41, 5.74) is -4.58. The Morgan fingerprint density at radius 2 is 1.17 bits per heavy atom. The second-order valence-electron chi connectivity index (χ2n) is 8.66. The van der Waals surface area contributed by atoms with Crippen molar-refractivity contribution in [1.82, 2.24) is 15.3 Å². The molecule has 36 heavy (non-hydrogen) atoms. The Balaban J connectivity index is 1.87. The van der Waals surface area contributed by atoms with Gasteiger partial charge in [-0.05, 0) is 36.6 Å². The summed E-state index contributed by atoms with van der Waals surface area (Å²) in [5.74, 6) is -1.40. The van der Waals surface area contributed by atoms with Gasteiger partial charge in [-0.1, -0.05) is 13.8 Å². The molecule has 4 atom stereocenters. The molecule has 4 unspecified atom stereocenters. The first-order chi connectivity index (χ1) is 16.6. The number of hydrogen-bond acceptors (Lipinski definition) is 5. The Bertz CT molecular complexity index is 1060. The van der Waals surface area contributed by atoms with Crippen molar-refractivity contribution in [1.29, 1.82) is 0 Å². The number of hydrogen-bond donors (Lipinski definition) is 1. The quantitative estimate of drug-likeness (QED) is 0.366. The van der Waals surface area contributed by atoms with Crippen molar-refractivity contribution >= 4 is 0 Å². The van der Waals surface area contributed by atoms with E-state index >= 15 is 0 Å². The van der Waals surface area contributed by atoms with Crippen molar-refractivity contribution in [3.05, 3.63) is 58.7 Å². The highest BCUT2D eigenvalue weighted by Crippen LogP contribution is 2.57. The summed E-state index contributed by atoms with van der Waals surface area (Å²) in [5, 5.41) is 2.77. The van der Waals surface area contributed by atoms with Gasteiger partial charge in [0, 0.05) is 23.4 Å². The predicted octanol–water partition coefficient (Wildman–Crippen LogP) is 6.42. The average Bonchev–Trinajstić information content (AvgIpc) is 3.55. The zero-order chi connectivity index (χ0) is 26.7. The Morgan fingerprint density at radius 1 is 0.722 bits per heavy atom. The van der Waals surface area contributed by atoms with E-state index in [9.17, 15) is 39.5 Å². The van der Waals surface area contributed by atoms with Gasteiger partial charge in [0.1, 0.15) is 0 Å². The van der Waals surface area contributed by atoms with Crippen LogP contribution in [0.15, 0.2) is 30.6 Å². The lowest BCUT2D eigenvalue weighted by atomic mass is 9.68. The molecular formula is C22H20F9N3O2. The van der Waals surface area contributed by atoms with E-state index in [0.717, 1.165) is 12.4 Å². The molecule has 1 N–H and O–H groups in total. The maximum Gasteiger partial charge on any atom is 0.451 e. The van der Waals surface area contributed by atoms with E-state index in [4.69, 9.17) is 9.47 Å². The lowest BCUT2D eigenvalue weighted by molar-refractivity contribution is -0.146. The molecule has 2 fully saturated rings. The fraction of sp³-hybridized carbons (Fsp3) is 0.545. The Kier molecular flexibility index (Phi) is 6.53. The first kappa shape index (κ1) is 26.6. The third-order valence-corrected chi connectivity index (χ3v) is 6.56. The van der Waals surface area contributed by atoms with Crippen LogP contribution < -0.4 is 5.32 Å². The molecule has 198 valence electrons. The van der Waals surface area contributed by atoms with Crippen LogP contribution in [0, 0.1) is 5.41 Å². The number of benzene rings is 1. The Hall–Kier alpha value is -2.45. The summed E-state index contributed by atoms with van der Waals surface area (Å²) in [4.78, 5) is 6.69. The summed E-state index contributed by atoms with van der Waals surface area (Å²) in [6, 6.07) is 1.22. The fourth-order valence-corrected chi connectivity index (χ4v) is 4.59. The van der Waals surface area contributed by atoms with Gasteiger partial charge in [-0.15, -0.1) is 0 Å². The van der Waals surface area contributed by atoms with Gasteiger partial charge in [-0.25, -0.2) is 9.97 Å². The Morgan fingerprint density at radius 3 is 1.56 bits per heavy atom. The van der Waals surface area contributed by atoms with E-state index < -0.39 is 65.6 Å². The van der Waals surface area contributed by atoms with Crippen LogP contribution in [0.2, 0.25) is 0 Å². The van der Waals surface area contributed by atoms with Crippen molar-refractivity contribution in [2.45, 2.75) is 69.9 Å². The molecule has 2 aromatic rings. The van der Waals surface area contributed by atoms with Crippen LogP contribution >= 0.6 is 0 Å². The summed E-state index contributed by atoms with van der Waals surface area (Å²) in [6.45, 7) is 3.29. The zero-order valence-corrected chi connectivity index (χ0v) is 18.7. The monoisotopic (exact) mass is 529 g/mol. The molecule has 0 radical (unpaired) electrons. The third kappa shape index (κ3) is 4.90. The van der Waals surface area contributed by atoms with E-state index in [0.29, 0.717) is 12.1 Å². The van der Waals surface area contributed by atoms with E-state index in [1.807, 2.05) is 0 Å². The lowest BCUT2D eigenvalue weighted by Crippen LogP contribution is -2.37. The minimum atomic E-state index is -5.07.